The van der Waals surface area contributed by atoms with E-state index in [4.69, 9.17) is 9.97 Å². The first-order chi connectivity index (χ1) is 12.4. The summed E-state index contributed by atoms with van der Waals surface area (Å²) in [5.74, 6) is 2.03. The minimum absolute atomic E-state index is 0.341. The van der Waals surface area contributed by atoms with Gasteiger partial charge in [0.25, 0.3) is 0 Å². The lowest BCUT2D eigenvalue weighted by molar-refractivity contribution is 0.447. The molecule has 1 saturated heterocycles. The van der Waals surface area contributed by atoms with E-state index in [1.54, 1.807) is 6.20 Å². The van der Waals surface area contributed by atoms with Crippen LogP contribution >= 0.6 is 0 Å². The zero-order valence-electron chi connectivity index (χ0n) is 14.0. The summed E-state index contributed by atoms with van der Waals surface area (Å²) in [5, 5.41) is 6.84. The van der Waals surface area contributed by atoms with Crippen molar-refractivity contribution in [3.63, 3.8) is 0 Å². The van der Waals surface area contributed by atoms with Crippen LogP contribution in [-0.4, -0.2) is 28.0 Å². The maximum atomic E-state index is 4.82. The summed E-state index contributed by atoms with van der Waals surface area (Å²) in [6.07, 6.45) is 4.07. The zero-order chi connectivity index (χ0) is 16.9. The standard InChI is InChI=1S/C20H21N5/c1-2-8-16(9-3-1)23-19-13-18(17-10-4-5-12-22-17)24-20(25-19)15-7-6-11-21-14-15/h1-5,8-10,12-13,15,21H,6-7,11,14H2,(H,23,24,25)/t15-/m1/s1. The average molecular weight is 331 g/mol. The summed E-state index contributed by atoms with van der Waals surface area (Å²) in [6, 6.07) is 17.9. The molecule has 2 N–H and O–H groups in total. The first-order valence-electron chi connectivity index (χ1n) is 8.72. The smallest absolute Gasteiger partial charge is 0.135 e. The van der Waals surface area contributed by atoms with Crippen LogP contribution in [0.25, 0.3) is 11.4 Å². The van der Waals surface area contributed by atoms with Crippen molar-refractivity contribution in [3.8, 4) is 11.4 Å². The van der Waals surface area contributed by atoms with Gasteiger partial charge in [-0.05, 0) is 43.7 Å². The molecule has 0 amide bonds. The Morgan fingerprint density at radius 2 is 1.84 bits per heavy atom. The third kappa shape index (κ3) is 3.83. The largest absolute Gasteiger partial charge is 0.340 e. The Kier molecular flexibility index (Phi) is 4.65. The van der Waals surface area contributed by atoms with Gasteiger partial charge < -0.3 is 10.6 Å². The number of para-hydroxylation sites is 1. The van der Waals surface area contributed by atoms with Crippen LogP contribution in [0.3, 0.4) is 0 Å². The number of nitrogens with zero attached hydrogens (tertiary/aromatic N) is 3. The Labute approximate surface area is 147 Å². The quantitative estimate of drug-likeness (QED) is 0.762. The molecule has 0 spiro atoms. The van der Waals surface area contributed by atoms with E-state index in [0.29, 0.717) is 5.92 Å². The number of nitrogens with one attached hydrogen (secondary N) is 2. The van der Waals surface area contributed by atoms with E-state index in [-0.39, 0.29) is 0 Å². The highest BCUT2D eigenvalue weighted by atomic mass is 15.0. The van der Waals surface area contributed by atoms with Gasteiger partial charge in [0.15, 0.2) is 0 Å². The number of rotatable bonds is 4. The van der Waals surface area contributed by atoms with Crippen LogP contribution in [0.4, 0.5) is 11.5 Å². The minimum Gasteiger partial charge on any atom is -0.340 e. The number of hydrogen-bond donors (Lipinski definition) is 2. The summed E-state index contributed by atoms with van der Waals surface area (Å²) in [7, 11) is 0. The van der Waals surface area contributed by atoms with Crippen LogP contribution in [0.15, 0.2) is 60.8 Å². The Balaban J connectivity index is 1.72. The van der Waals surface area contributed by atoms with Crippen LogP contribution in [0.1, 0.15) is 24.6 Å². The van der Waals surface area contributed by atoms with Crippen LogP contribution in [0.2, 0.25) is 0 Å². The number of aromatic nitrogens is 3. The molecule has 5 heteroatoms. The summed E-state index contributed by atoms with van der Waals surface area (Å²) >= 11 is 0. The van der Waals surface area contributed by atoms with Crippen LogP contribution in [0.5, 0.6) is 0 Å². The Bertz CT molecular complexity index is 814. The third-order valence-corrected chi connectivity index (χ3v) is 4.38. The zero-order valence-corrected chi connectivity index (χ0v) is 14.0. The second kappa shape index (κ2) is 7.40. The van der Waals surface area contributed by atoms with Gasteiger partial charge >= 0.3 is 0 Å². The van der Waals surface area contributed by atoms with Crippen molar-refractivity contribution in [2.45, 2.75) is 18.8 Å². The monoisotopic (exact) mass is 331 g/mol. The summed E-state index contributed by atoms with van der Waals surface area (Å²) < 4.78 is 0. The van der Waals surface area contributed by atoms with E-state index in [2.05, 4.69) is 15.6 Å². The van der Waals surface area contributed by atoms with Gasteiger partial charge in [-0.2, -0.15) is 0 Å². The molecule has 0 saturated carbocycles. The van der Waals surface area contributed by atoms with Crippen molar-refractivity contribution < 1.29 is 0 Å². The molecule has 0 unspecified atom stereocenters. The van der Waals surface area contributed by atoms with Gasteiger partial charge in [-0.3, -0.25) is 4.98 Å². The lowest BCUT2D eigenvalue weighted by Gasteiger charge is -2.22. The van der Waals surface area contributed by atoms with Crippen LogP contribution < -0.4 is 10.6 Å². The van der Waals surface area contributed by atoms with Gasteiger partial charge in [0.05, 0.1) is 11.4 Å². The van der Waals surface area contributed by atoms with Gasteiger partial charge in [-0.25, -0.2) is 9.97 Å². The fraction of sp³-hybridized carbons (Fsp3) is 0.250. The maximum Gasteiger partial charge on any atom is 0.135 e. The lowest BCUT2D eigenvalue weighted by atomic mass is 9.98. The second-order valence-electron chi connectivity index (χ2n) is 6.25. The molecule has 25 heavy (non-hydrogen) atoms. The van der Waals surface area contributed by atoms with E-state index >= 15 is 0 Å². The summed E-state index contributed by atoms with van der Waals surface area (Å²) in [4.78, 5) is 14.1. The van der Waals surface area contributed by atoms with Gasteiger partial charge in [0.1, 0.15) is 11.6 Å². The molecule has 3 aromatic rings. The highest BCUT2D eigenvalue weighted by Crippen LogP contribution is 2.26. The maximum absolute atomic E-state index is 4.82. The highest BCUT2D eigenvalue weighted by Gasteiger charge is 2.20. The van der Waals surface area contributed by atoms with Crippen LogP contribution in [-0.2, 0) is 0 Å². The topological polar surface area (TPSA) is 62.7 Å². The van der Waals surface area contributed by atoms with Crippen molar-refractivity contribution in [1.82, 2.24) is 20.3 Å². The van der Waals surface area contributed by atoms with Gasteiger partial charge in [-0.15, -0.1) is 0 Å². The molecule has 1 aliphatic rings. The number of benzene rings is 1. The fourth-order valence-electron chi connectivity index (χ4n) is 3.10. The summed E-state index contributed by atoms with van der Waals surface area (Å²) in [5.41, 5.74) is 2.74. The van der Waals surface area contributed by atoms with Gasteiger partial charge in [0.2, 0.25) is 0 Å². The predicted octanol–water partition coefficient (Wildman–Crippen LogP) is 3.75. The van der Waals surface area contributed by atoms with E-state index < -0.39 is 0 Å². The van der Waals surface area contributed by atoms with E-state index in [1.165, 1.54) is 0 Å². The molecular formula is C20H21N5. The molecule has 0 bridgehead atoms. The minimum atomic E-state index is 0.341. The molecule has 4 rings (SSSR count). The Hall–Kier alpha value is -2.79. The number of pyridine rings is 1. The normalized spacial score (nSPS) is 17.2. The molecule has 3 heterocycles. The Morgan fingerprint density at radius 1 is 0.960 bits per heavy atom. The van der Waals surface area contributed by atoms with Crippen LogP contribution in [0, 0.1) is 0 Å². The van der Waals surface area contributed by atoms with Crippen molar-refractivity contribution >= 4 is 11.5 Å². The summed E-state index contributed by atoms with van der Waals surface area (Å²) in [6.45, 7) is 2.00. The van der Waals surface area contributed by atoms with Crippen molar-refractivity contribution in [1.29, 1.82) is 0 Å². The van der Waals surface area contributed by atoms with E-state index in [0.717, 1.165) is 54.6 Å². The number of hydrogen-bond acceptors (Lipinski definition) is 5. The lowest BCUT2D eigenvalue weighted by Crippen LogP contribution is -2.29. The average Bonchev–Trinajstić information content (AvgIpc) is 2.70. The fourth-order valence-corrected chi connectivity index (χ4v) is 3.10. The van der Waals surface area contributed by atoms with Gasteiger partial charge in [-0.1, -0.05) is 24.3 Å². The predicted molar refractivity (Wildman–Crippen MR) is 99.8 cm³/mol. The molecular weight excluding hydrogens is 310 g/mol. The van der Waals surface area contributed by atoms with Gasteiger partial charge in [0, 0.05) is 30.4 Å². The highest BCUT2D eigenvalue weighted by molar-refractivity contribution is 5.63. The van der Waals surface area contributed by atoms with Crippen molar-refractivity contribution in [2.24, 2.45) is 0 Å². The molecule has 126 valence electrons. The molecule has 1 aromatic carbocycles. The van der Waals surface area contributed by atoms with E-state index in [9.17, 15) is 0 Å². The molecule has 0 radical (unpaired) electrons. The molecule has 5 nitrogen and oxygen atoms in total. The molecule has 1 aliphatic heterocycles. The second-order valence-corrected chi connectivity index (χ2v) is 6.25. The first-order valence-corrected chi connectivity index (χ1v) is 8.72. The molecule has 1 atom stereocenters. The SMILES string of the molecule is c1ccc(Nc2cc(-c3ccccn3)nc([C@@H]3CCCNC3)n2)cc1. The number of piperidine rings is 1. The Morgan fingerprint density at radius 3 is 2.60 bits per heavy atom. The molecule has 2 aromatic heterocycles. The van der Waals surface area contributed by atoms with Crippen molar-refractivity contribution in [2.75, 3.05) is 18.4 Å². The molecule has 0 aliphatic carbocycles. The number of anilines is 2. The third-order valence-electron chi connectivity index (χ3n) is 4.38. The van der Waals surface area contributed by atoms with Crippen molar-refractivity contribution in [3.05, 3.63) is 66.6 Å². The molecule has 1 fully saturated rings. The van der Waals surface area contributed by atoms with E-state index in [1.807, 2.05) is 54.6 Å². The first kappa shape index (κ1) is 15.7.